The Kier molecular flexibility index (Phi) is 6.92. The fourth-order valence-electron chi connectivity index (χ4n) is 0.265. The molecule has 0 amide bonds. The predicted octanol–water partition coefficient (Wildman–Crippen LogP) is -5.89. The molecule has 6 nitrogen and oxygen atoms in total. The molecule has 0 aliphatic heterocycles. The van der Waals surface area contributed by atoms with Crippen LogP contribution in [0.5, 0.6) is 0 Å². The fourth-order valence-corrected chi connectivity index (χ4v) is 1.09. The quantitative estimate of drug-likeness (QED) is 0.396. The molecule has 0 atom stereocenters. The summed E-state index contributed by atoms with van der Waals surface area (Å²) in [5.74, 6) is 0. The van der Waals surface area contributed by atoms with Gasteiger partial charge < -0.3 is 0 Å². The molecule has 15 heavy (non-hydrogen) atoms. The van der Waals surface area contributed by atoms with Crippen LogP contribution < -0.4 is 70.2 Å². The van der Waals surface area contributed by atoms with Gasteiger partial charge in [-0.05, 0) is 0 Å². The first-order valence-electron chi connectivity index (χ1n) is 2.40. The van der Waals surface area contributed by atoms with Gasteiger partial charge >= 0.3 is 142 Å². The Morgan fingerprint density at radius 3 is 0.667 bits per heavy atom. The molecule has 0 aromatic carbocycles. The second kappa shape index (κ2) is 5.15. The molecule has 0 saturated heterocycles. The summed E-state index contributed by atoms with van der Waals surface area (Å²) >= 11 is 0. The Morgan fingerprint density at radius 2 is 0.667 bits per heavy atom. The van der Waals surface area contributed by atoms with Crippen LogP contribution in [0, 0.1) is 61.4 Å². The predicted molar refractivity (Wildman–Crippen MR) is 33.7 cm³/mol. The zero-order chi connectivity index (χ0) is 10.7. The first-order valence-corrected chi connectivity index (χ1v) is 5.71. The molecule has 0 aliphatic rings. The minimum atomic E-state index is -6.17. The first kappa shape index (κ1) is 20.1. The van der Waals surface area contributed by atoms with Gasteiger partial charge in [-0.3, -0.25) is 0 Å². The minimum Gasteiger partial charge on any atom is 1.00 e. The molecular weight excluding hydrogens is 258 g/mol. The summed E-state index contributed by atoms with van der Waals surface area (Å²) in [6.07, 6.45) is 0. The fraction of sp³-hybridized carbons (Fsp3) is 0. The maximum Gasteiger partial charge on any atom is 1.00 e. The van der Waals surface area contributed by atoms with Crippen LogP contribution in [0.3, 0.4) is 0 Å². The Morgan fingerprint density at radius 1 is 0.533 bits per heavy atom. The van der Waals surface area contributed by atoms with Gasteiger partial charge in [0, 0.05) is 0 Å². The van der Waals surface area contributed by atoms with Crippen molar-refractivity contribution in [2.45, 2.75) is 0 Å². The van der Waals surface area contributed by atoms with Crippen LogP contribution >= 0.6 is 0 Å². The van der Waals surface area contributed by atoms with Gasteiger partial charge in [0.2, 0.25) is 0 Å². The molecule has 0 fully saturated rings. The van der Waals surface area contributed by atoms with Gasteiger partial charge in [0.1, 0.15) is 0 Å². The van der Waals surface area contributed by atoms with Crippen molar-refractivity contribution in [2.75, 3.05) is 0 Å². The van der Waals surface area contributed by atoms with Crippen molar-refractivity contribution in [1.82, 2.24) is 0 Å². The van der Waals surface area contributed by atoms with Crippen molar-refractivity contribution < 1.29 is 81.0 Å². The Balaban J connectivity index is -0.000000720. The van der Waals surface area contributed by atoms with E-state index >= 15 is 0 Å². The van der Waals surface area contributed by atoms with Crippen molar-refractivity contribution >= 4 is 0 Å². The van der Waals surface area contributed by atoms with Crippen molar-refractivity contribution in [1.29, 1.82) is 31.6 Å². The summed E-state index contributed by atoms with van der Waals surface area (Å²) in [6.45, 7) is 0. The third-order valence-corrected chi connectivity index (χ3v) is 4.89. The van der Waals surface area contributed by atoms with Gasteiger partial charge in [0.15, 0.2) is 0 Å². The number of rotatable bonds is 0. The van der Waals surface area contributed by atoms with E-state index in [0.29, 0.717) is 0 Å². The maximum absolute atomic E-state index is 8.58. The number of hydrogen-bond acceptors (Lipinski definition) is 6. The van der Waals surface area contributed by atoms with E-state index in [9.17, 15) is 0 Å². The van der Waals surface area contributed by atoms with Crippen molar-refractivity contribution in [2.24, 2.45) is 0 Å². The van der Waals surface area contributed by atoms with Crippen LogP contribution in [0.25, 0.3) is 0 Å². The summed E-state index contributed by atoms with van der Waals surface area (Å²) < 4.78 is 0. The van der Waals surface area contributed by atoms with E-state index in [1.807, 2.05) is 0 Å². The van der Waals surface area contributed by atoms with E-state index in [1.54, 1.807) is 0 Å². The number of nitriles is 6. The number of nitrogens with zero attached hydrogens (tertiary/aromatic N) is 6. The van der Waals surface area contributed by atoms with Crippen LogP contribution in [0.4, 0.5) is 0 Å². The van der Waals surface area contributed by atoms with Gasteiger partial charge in [-0.15, -0.1) is 0 Å². The zero-order valence-electron chi connectivity index (χ0n) is 8.04. The summed E-state index contributed by atoms with van der Waals surface area (Å²) in [5, 5.41) is 51.5. The van der Waals surface area contributed by atoms with Gasteiger partial charge in [-0.1, -0.05) is 0 Å². The Labute approximate surface area is 140 Å². The molecule has 0 saturated carbocycles. The first-order chi connectivity index (χ1) is 5.97. The molecule has 0 spiro atoms. The maximum atomic E-state index is 8.58. The second-order valence-electron chi connectivity index (χ2n) is 1.80. The van der Waals surface area contributed by atoms with Gasteiger partial charge in [-0.25, -0.2) is 0 Å². The van der Waals surface area contributed by atoms with Crippen molar-refractivity contribution in [3.05, 3.63) is 0 Å². The van der Waals surface area contributed by atoms with Crippen LogP contribution in [0.15, 0.2) is 0 Å². The molecule has 0 aromatic heterocycles. The Bertz CT molecular complexity index is 397. The van der Waals surface area contributed by atoms with Crippen LogP contribution in [0.1, 0.15) is 0 Å². The monoisotopic (exact) mass is 258 g/mol. The standard InChI is InChI=1S/6CN.Fe.K.Li/c6*1-2;;;/q;;;;;;-2;2*+1. The normalized spacial score (nSPS) is 11.6. The largest absolute Gasteiger partial charge is 1.00 e. The summed E-state index contributed by atoms with van der Waals surface area (Å²) in [4.78, 5) is 6.19. The van der Waals surface area contributed by atoms with E-state index in [0.717, 1.165) is 29.8 Å². The smallest absolute Gasteiger partial charge is 1.00 e. The van der Waals surface area contributed by atoms with Gasteiger partial charge in [0.25, 0.3) is 0 Å². The van der Waals surface area contributed by atoms with Gasteiger partial charge in [0.05, 0.1) is 0 Å². The molecule has 9 heteroatoms. The number of hydrogen-bond donors (Lipinski definition) is 0. The van der Waals surface area contributed by atoms with Crippen LogP contribution in [0.2, 0.25) is 0 Å². The molecule has 0 bridgehead atoms. The summed E-state index contributed by atoms with van der Waals surface area (Å²) in [7, 11) is -6.17. The molecule has 0 unspecified atom stereocenters. The molecule has 0 rings (SSSR count). The topological polar surface area (TPSA) is 143 Å². The second-order valence-corrected chi connectivity index (χ2v) is 7.42. The average molecular weight is 258 g/mol. The van der Waals surface area contributed by atoms with E-state index < -0.39 is 10.7 Å². The average Bonchev–Trinajstić information content (AvgIpc) is 2.26. The van der Waals surface area contributed by atoms with Crippen molar-refractivity contribution in [3.8, 4) is 29.8 Å². The van der Waals surface area contributed by atoms with Crippen LogP contribution in [-0.4, -0.2) is 0 Å². The van der Waals surface area contributed by atoms with Crippen molar-refractivity contribution in [3.63, 3.8) is 0 Å². The zero-order valence-corrected chi connectivity index (χ0v) is 12.3. The molecule has 0 aromatic rings. The molecule has 0 radical (unpaired) electrons. The Hall–Kier alpha value is -0.307. The van der Waals surface area contributed by atoms with E-state index in [1.165, 1.54) is 0 Å². The van der Waals surface area contributed by atoms with Gasteiger partial charge in [-0.2, -0.15) is 0 Å². The van der Waals surface area contributed by atoms with E-state index in [2.05, 4.69) is 0 Å². The summed E-state index contributed by atoms with van der Waals surface area (Å²) in [6, 6.07) is 0. The third kappa shape index (κ3) is 2.12. The molecule has 0 aliphatic carbocycles. The summed E-state index contributed by atoms with van der Waals surface area (Å²) in [5.41, 5.74) is 0. The minimum absolute atomic E-state index is 0. The molecule has 0 heterocycles. The SMILES string of the molecule is N#[C][Fe-2]([C]#N)([C]#N)([C]#N)([C]#N)[C]#N.[K+].[Li+]. The molecular formula is C6FeKLiN6. The molecule has 0 N–H and O–H groups in total. The van der Waals surface area contributed by atoms with E-state index in [-0.39, 0.29) is 70.2 Å². The third-order valence-electron chi connectivity index (χ3n) is 1.19. The van der Waals surface area contributed by atoms with Crippen LogP contribution in [-0.2, 0) is 10.7 Å². The van der Waals surface area contributed by atoms with E-state index in [4.69, 9.17) is 31.6 Å². The molecule has 64 valence electrons.